The molecule has 0 aliphatic heterocycles. The quantitative estimate of drug-likeness (QED) is 0.877. The van der Waals surface area contributed by atoms with Gasteiger partial charge in [-0.15, -0.1) is 11.3 Å². The molecular formula is C11H7Cl2NO2S. The van der Waals surface area contributed by atoms with Gasteiger partial charge in [-0.2, -0.15) is 0 Å². The lowest BCUT2D eigenvalue weighted by Gasteiger charge is -2.05. The van der Waals surface area contributed by atoms with E-state index in [-0.39, 0.29) is 16.7 Å². The Hall–Kier alpha value is -1.23. The van der Waals surface area contributed by atoms with Crippen LogP contribution in [0.25, 0.3) is 0 Å². The lowest BCUT2D eigenvalue weighted by atomic mass is 10.3. The fourth-order valence-corrected chi connectivity index (χ4v) is 2.39. The van der Waals surface area contributed by atoms with Crippen LogP contribution < -0.4 is 5.32 Å². The van der Waals surface area contributed by atoms with Crippen LogP contribution in [-0.4, -0.2) is 11.0 Å². The highest BCUT2D eigenvalue weighted by Crippen LogP contribution is 2.28. The Morgan fingerprint density at radius 1 is 1.24 bits per heavy atom. The van der Waals surface area contributed by atoms with Crippen LogP contribution in [0.1, 0.15) is 9.67 Å². The number of carbonyl (C=O) groups excluding carboxylic acids is 1. The Kier molecular flexibility index (Phi) is 3.57. The standard InChI is InChI=1S/C11H7Cl2NO2S/c12-7-2-1-6(5-9(7)15)14-11(16)10-8(13)3-4-17-10/h1-5,15H,(H,14,16). The lowest BCUT2D eigenvalue weighted by Crippen LogP contribution is -2.10. The number of hydrogen-bond acceptors (Lipinski definition) is 3. The van der Waals surface area contributed by atoms with Crippen LogP contribution in [0, 0.1) is 0 Å². The molecule has 0 bridgehead atoms. The van der Waals surface area contributed by atoms with Gasteiger partial charge in [-0.25, -0.2) is 0 Å². The maximum atomic E-state index is 11.8. The van der Waals surface area contributed by atoms with Crippen molar-refractivity contribution in [1.29, 1.82) is 0 Å². The van der Waals surface area contributed by atoms with Gasteiger partial charge in [-0.05, 0) is 23.6 Å². The molecule has 2 rings (SSSR count). The van der Waals surface area contributed by atoms with Crippen molar-refractivity contribution >= 4 is 46.1 Å². The van der Waals surface area contributed by atoms with Crippen LogP contribution >= 0.6 is 34.5 Å². The van der Waals surface area contributed by atoms with Gasteiger partial charge in [0.15, 0.2) is 0 Å². The van der Waals surface area contributed by atoms with Crippen molar-refractivity contribution in [3.05, 3.63) is 44.6 Å². The Morgan fingerprint density at radius 3 is 2.59 bits per heavy atom. The second-order valence-electron chi connectivity index (χ2n) is 3.22. The van der Waals surface area contributed by atoms with Gasteiger partial charge in [0, 0.05) is 11.8 Å². The Morgan fingerprint density at radius 2 is 2.00 bits per heavy atom. The van der Waals surface area contributed by atoms with Crippen molar-refractivity contribution in [2.24, 2.45) is 0 Å². The maximum absolute atomic E-state index is 11.8. The number of nitrogens with one attached hydrogen (secondary N) is 1. The smallest absolute Gasteiger partial charge is 0.267 e. The first-order valence-corrected chi connectivity index (χ1v) is 6.24. The summed E-state index contributed by atoms with van der Waals surface area (Å²) in [5.41, 5.74) is 0.460. The van der Waals surface area contributed by atoms with E-state index >= 15 is 0 Å². The van der Waals surface area contributed by atoms with Crippen LogP contribution in [0.15, 0.2) is 29.6 Å². The third-order valence-electron chi connectivity index (χ3n) is 2.03. The molecule has 6 heteroatoms. The van der Waals surface area contributed by atoms with Crippen LogP contribution in [0.3, 0.4) is 0 Å². The summed E-state index contributed by atoms with van der Waals surface area (Å²) in [4.78, 5) is 12.2. The summed E-state index contributed by atoms with van der Waals surface area (Å²) in [5.74, 6) is -0.395. The van der Waals surface area contributed by atoms with E-state index in [9.17, 15) is 9.90 Å². The van der Waals surface area contributed by atoms with Gasteiger partial charge in [-0.3, -0.25) is 4.79 Å². The third-order valence-corrected chi connectivity index (χ3v) is 3.69. The Balaban J connectivity index is 2.19. The molecule has 1 heterocycles. The van der Waals surface area contributed by atoms with Crippen LogP contribution in [-0.2, 0) is 0 Å². The third kappa shape index (κ3) is 2.72. The van der Waals surface area contributed by atoms with Gasteiger partial charge in [0.2, 0.25) is 0 Å². The van der Waals surface area contributed by atoms with E-state index in [1.807, 2.05) is 0 Å². The van der Waals surface area contributed by atoms with E-state index in [1.165, 1.54) is 23.5 Å². The minimum absolute atomic E-state index is 0.0817. The summed E-state index contributed by atoms with van der Waals surface area (Å²) >= 11 is 12.7. The van der Waals surface area contributed by atoms with Crippen molar-refractivity contribution in [3.63, 3.8) is 0 Å². The molecular weight excluding hydrogens is 281 g/mol. The van der Waals surface area contributed by atoms with Gasteiger partial charge in [-0.1, -0.05) is 23.2 Å². The monoisotopic (exact) mass is 287 g/mol. The van der Waals surface area contributed by atoms with E-state index in [2.05, 4.69) is 5.32 Å². The molecule has 88 valence electrons. The highest BCUT2D eigenvalue weighted by Gasteiger charge is 2.12. The van der Waals surface area contributed by atoms with Crippen molar-refractivity contribution in [2.75, 3.05) is 5.32 Å². The Bertz CT molecular complexity index is 568. The summed E-state index contributed by atoms with van der Waals surface area (Å²) in [6, 6.07) is 6.13. The van der Waals surface area contributed by atoms with E-state index in [0.717, 1.165) is 0 Å². The average molecular weight is 288 g/mol. The fraction of sp³-hybridized carbons (Fsp3) is 0. The molecule has 0 fully saturated rings. The number of anilines is 1. The van der Waals surface area contributed by atoms with Crippen molar-refractivity contribution in [2.45, 2.75) is 0 Å². The number of benzene rings is 1. The molecule has 0 unspecified atom stereocenters. The number of phenols is 1. The molecule has 1 aromatic carbocycles. The molecule has 0 atom stereocenters. The average Bonchev–Trinajstić information content (AvgIpc) is 2.70. The molecule has 3 nitrogen and oxygen atoms in total. The van der Waals surface area contributed by atoms with E-state index in [1.54, 1.807) is 17.5 Å². The topological polar surface area (TPSA) is 49.3 Å². The predicted octanol–water partition coefficient (Wildman–Crippen LogP) is 4.01. The SMILES string of the molecule is O=C(Nc1ccc(Cl)c(O)c1)c1sccc1Cl. The zero-order valence-electron chi connectivity index (χ0n) is 8.41. The van der Waals surface area contributed by atoms with Gasteiger partial charge in [0.05, 0.1) is 10.0 Å². The molecule has 0 aliphatic carbocycles. The zero-order chi connectivity index (χ0) is 12.4. The molecule has 17 heavy (non-hydrogen) atoms. The number of thiophene rings is 1. The second-order valence-corrected chi connectivity index (χ2v) is 4.95. The first-order valence-electron chi connectivity index (χ1n) is 4.61. The number of rotatable bonds is 2. The predicted molar refractivity (Wildman–Crippen MR) is 70.4 cm³/mol. The van der Waals surface area contributed by atoms with Crippen LogP contribution in [0.5, 0.6) is 5.75 Å². The normalized spacial score (nSPS) is 10.2. The number of hydrogen-bond donors (Lipinski definition) is 2. The number of amides is 1. The first kappa shape index (κ1) is 12.2. The summed E-state index contributed by atoms with van der Waals surface area (Å²) in [6.07, 6.45) is 0. The van der Waals surface area contributed by atoms with Gasteiger partial charge in [0.1, 0.15) is 10.6 Å². The van der Waals surface area contributed by atoms with Crippen molar-refractivity contribution < 1.29 is 9.90 Å². The van der Waals surface area contributed by atoms with Gasteiger partial charge >= 0.3 is 0 Å². The second kappa shape index (κ2) is 4.96. The van der Waals surface area contributed by atoms with Crippen LogP contribution in [0.4, 0.5) is 5.69 Å². The lowest BCUT2D eigenvalue weighted by molar-refractivity contribution is 0.103. The molecule has 0 spiro atoms. The highest BCUT2D eigenvalue weighted by molar-refractivity contribution is 7.12. The van der Waals surface area contributed by atoms with E-state index in [4.69, 9.17) is 23.2 Å². The van der Waals surface area contributed by atoms with Crippen LogP contribution in [0.2, 0.25) is 10.0 Å². The number of aromatic hydroxyl groups is 1. The molecule has 1 aromatic heterocycles. The number of halogens is 2. The Labute approximate surface area is 112 Å². The maximum Gasteiger partial charge on any atom is 0.267 e. The summed E-state index contributed by atoms with van der Waals surface area (Å²) in [6.45, 7) is 0. The van der Waals surface area contributed by atoms with Gasteiger partial charge < -0.3 is 10.4 Å². The molecule has 0 saturated carbocycles. The van der Waals surface area contributed by atoms with Crippen molar-refractivity contribution in [1.82, 2.24) is 0 Å². The molecule has 2 aromatic rings. The molecule has 1 amide bonds. The molecule has 0 aliphatic rings. The van der Waals surface area contributed by atoms with Gasteiger partial charge in [0.25, 0.3) is 5.91 Å². The minimum atomic E-state index is -0.313. The van der Waals surface area contributed by atoms with E-state index in [0.29, 0.717) is 15.6 Å². The summed E-state index contributed by atoms with van der Waals surface area (Å²) in [7, 11) is 0. The highest BCUT2D eigenvalue weighted by atomic mass is 35.5. The summed E-state index contributed by atoms with van der Waals surface area (Å²) in [5, 5.41) is 14.4. The fourth-order valence-electron chi connectivity index (χ4n) is 1.23. The molecule has 0 saturated heterocycles. The largest absolute Gasteiger partial charge is 0.506 e. The molecule has 2 N–H and O–H groups in total. The zero-order valence-corrected chi connectivity index (χ0v) is 10.7. The number of carbonyl (C=O) groups is 1. The first-order chi connectivity index (χ1) is 8.08. The minimum Gasteiger partial charge on any atom is -0.506 e. The molecule has 0 radical (unpaired) electrons. The number of phenolic OH excluding ortho intramolecular Hbond substituents is 1. The van der Waals surface area contributed by atoms with Crippen molar-refractivity contribution in [3.8, 4) is 5.75 Å². The summed E-state index contributed by atoms with van der Waals surface area (Å²) < 4.78 is 0. The van der Waals surface area contributed by atoms with E-state index < -0.39 is 0 Å².